The fourth-order valence-electron chi connectivity index (χ4n) is 2.27. The molecule has 2 aromatic heterocycles. The van der Waals surface area contributed by atoms with Crippen molar-refractivity contribution < 1.29 is 9.59 Å². The van der Waals surface area contributed by atoms with E-state index in [9.17, 15) is 9.59 Å². The van der Waals surface area contributed by atoms with Crippen molar-refractivity contribution in [2.75, 3.05) is 11.4 Å². The molecule has 0 bridgehead atoms. The van der Waals surface area contributed by atoms with Crippen LogP contribution in [0.2, 0.25) is 0 Å². The number of nitrogens with one attached hydrogen (secondary N) is 1. The van der Waals surface area contributed by atoms with Crippen molar-refractivity contribution in [3.05, 3.63) is 41.2 Å². The van der Waals surface area contributed by atoms with Crippen molar-refractivity contribution in [2.24, 2.45) is 0 Å². The molecular formula is C15H16N4O2S. The van der Waals surface area contributed by atoms with Crippen LogP contribution in [0.3, 0.4) is 0 Å². The van der Waals surface area contributed by atoms with Crippen LogP contribution in [-0.2, 0) is 22.6 Å². The third kappa shape index (κ3) is 3.48. The zero-order valence-corrected chi connectivity index (χ0v) is 12.8. The second-order valence-electron chi connectivity index (χ2n) is 5.04. The van der Waals surface area contributed by atoms with Gasteiger partial charge in [0.2, 0.25) is 11.8 Å². The Labute approximate surface area is 132 Å². The van der Waals surface area contributed by atoms with Gasteiger partial charge < -0.3 is 5.32 Å². The van der Waals surface area contributed by atoms with Gasteiger partial charge in [0.15, 0.2) is 5.13 Å². The maximum atomic E-state index is 11.9. The van der Waals surface area contributed by atoms with E-state index in [1.165, 1.54) is 11.3 Å². The number of aromatic nitrogens is 2. The molecule has 7 heteroatoms. The monoisotopic (exact) mass is 316 g/mol. The van der Waals surface area contributed by atoms with E-state index >= 15 is 0 Å². The van der Waals surface area contributed by atoms with E-state index in [-0.39, 0.29) is 18.2 Å². The molecule has 22 heavy (non-hydrogen) atoms. The Balaban J connectivity index is 1.53. The molecule has 0 aliphatic carbocycles. The quantitative estimate of drug-likeness (QED) is 0.907. The van der Waals surface area contributed by atoms with Crippen molar-refractivity contribution in [3.8, 4) is 0 Å². The lowest BCUT2D eigenvalue weighted by atomic mass is 10.3. The number of hydrogen-bond donors (Lipinski definition) is 1. The molecule has 0 spiro atoms. The number of thiazole rings is 1. The summed E-state index contributed by atoms with van der Waals surface area (Å²) < 4.78 is 0. The van der Waals surface area contributed by atoms with E-state index in [2.05, 4.69) is 15.3 Å². The van der Waals surface area contributed by atoms with Crippen LogP contribution in [0.5, 0.6) is 0 Å². The minimum atomic E-state index is -0.102. The average Bonchev–Trinajstić information content (AvgIpc) is 3.15. The number of anilines is 1. The summed E-state index contributed by atoms with van der Waals surface area (Å²) in [5, 5.41) is 5.34. The molecular weight excluding hydrogens is 300 g/mol. The molecule has 1 N–H and O–H groups in total. The summed E-state index contributed by atoms with van der Waals surface area (Å²) in [5.74, 6) is 0.00996. The second-order valence-corrected chi connectivity index (χ2v) is 5.88. The summed E-state index contributed by atoms with van der Waals surface area (Å²) in [7, 11) is 0. The molecule has 0 radical (unpaired) electrons. The van der Waals surface area contributed by atoms with Gasteiger partial charge in [-0.3, -0.25) is 19.5 Å². The predicted molar refractivity (Wildman–Crippen MR) is 83.5 cm³/mol. The first-order valence-corrected chi connectivity index (χ1v) is 8.02. The Bertz CT molecular complexity index is 671. The van der Waals surface area contributed by atoms with Crippen molar-refractivity contribution in [1.29, 1.82) is 0 Å². The van der Waals surface area contributed by atoms with Gasteiger partial charge in [0.25, 0.3) is 0 Å². The molecule has 1 aliphatic heterocycles. The van der Waals surface area contributed by atoms with Gasteiger partial charge in [0, 0.05) is 24.5 Å². The van der Waals surface area contributed by atoms with E-state index < -0.39 is 0 Å². The Kier molecular flexibility index (Phi) is 4.43. The van der Waals surface area contributed by atoms with Crippen molar-refractivity contribution in [3.63, 3.8) is 0 Å². The largest absolute Gasteiger partial charge is 0.350 e. The maximum absolute atomic E-state index is 11.9. The number of carbonyl (C=O) groups excluding carboxylic acids is 2. The van der Waals surface area contributed by atoms with Crippen LogP contribution >= 0.6 is 11.3 Å². The van der Waals surface area contributed by atoms with Gasteiger partial charge in [0.1, 0.15) is 0 Å². The Hall–Kier alpha value is -2.28. The second kappa shape index (κ2) is 6.65. The highest BCUT2D eigenvalue weighted by Gasteiger charge is 2.24. The van der Waals surface area contributed by atoms with Crippen LogP contribution in [0, 0.1) is 0 Å². The Morgan fingerprint density at radius 2 is 2.27 bits per heavy atom. The number of nitrogens with zero attached hydrogens (tertiary/aromatic N) is 3. The van der Waals surface area contributed by atoms with Crippen molar-refractivity contribution >= 4 is 28.3 Å². The standard InChI is InChI=1S/C15H16N4O2S/c20-13(17-9-11-4-1-2-6-16-11)8-12-10-22-15(18-12)19-7-3-5-14(19)21/h1-2,4,6,10H,3,5,7-9H2,(H,17,20). The molecule has 1 fully saturated rings. The first-order valence-electron chi connectivity index (χ1n) is 7.14. The van der Waals surface area contributed by atoms with E-state index in [1.54, 1.807) is 11.1 Å². The third-order valence-electron chi connectivity index (χ3n) is 3.38. The normalized spacial score (nSPS) is 14.4. The van der Waals surface area contributed by atoms with Gasteiger partial charge in [-0.15, -0.1) is 11.3 Å². The Morgan fingerprint density at radius 1 is 1.36 bits per heavy atom. The molecule has 0 atom stereocenters. The number of carbonyl (C=O) groups is 2. The van der Waals surface area contributed by atoms with Gasteiger partial charge in [-0.1, -0.05) is 6.07 Å². The number of pyridine rings is 1. The fourth-order valence-corrected chi connectivity index (χ4v) is 3.14. The van der Waals surface area contributed by atoms with Crippen LogP contribution in [-0.4, -0.2) is 28.3 Å². The zero-order chi connectivity index (χ0) is 15.4. The van der Waals surface area contributed by atoms with Crippen LogP contribution in [0.25, 0.3) is 0 Å². The summed E-state index contributed by atoms with van der Waals surface area (Å²) in [6.45, 7) is 1.12. The van der Waals surface area contributed by atoms with E-state index in [4.69, 9.17) is 0 Å². The molecule has 1 saturated heterocycles. The molecule has 6 nitrogen and oxygen atoms in total. The van der Waals surface area contributed by atoms with Gasteiger partial charge in [-0.05, 0) is 18.6 Å². The SMILES string of the molecule is O=C(Cc1csc(N2CCCC2=O)n1)NCc1ccccn1. The van der Waals surface area contributed by atoms with Crippen LogP contribution in [0.1, 0.15) is 24.2 Å². The highest BCUT2D eigenvalue weighted by atomic mass is 32.1. The first-order chi connectivity index (χ1) is 10.7. The van der Waals surface area contributed by atoms with Gasteiger partial charge >= 0.3 is 0 Å². The number of hydrogen-bond acceptors (Lipinski definition) is 5. The highest BCUT2D eigenvalue weighted by molar-refractivity contribution is 7.14. The highest BCUT2D eigenvalue weighted by Crippen LogP contribution is 2.25. The van der Waals surface area contributed by atoms with E-state index in [1.807, 2.05) is 23.6 Å². The molecule has 1 aliphatic rings. The molecule has 114 valence electrons. The van der Waals surface area contributed by atoms with Crippen LogP contribution in [0.15, 0.2) is 29.8 Å². The van der Waals surface area contributed by atoms with E-state index in [0.29, 0.717) is 23.8 Å². The number of rotatable bonds is 5. The average molecular weight is 316 g/mol. The van der Waals surface area contributed by atoms with Crippen molar-refractivity contribution in [1.82, 2.24) is 15.3 Å². The zero-order valence-electron chi connectivity index (χ0n) is 12.0. The smallest absolute Gasteiger partial charge is 0.228 e. The molecule has 2 aromatic rings. The van der Waals surface area contributed by atoms with Crippen LogP contribution < -0.4 is 10.2 Å². The summed E-state index contributed by atoms with van der Waals surface area (Å²) >= 11 is 1.41. The lowest BCUT2D eigenvalue weighted by Gasteiger charge is -2.10. The fraction of sp³-hybridized carbons (Fsp3) is 0.333. The maximum Gasteiger partial charge on any atom is 0.228 e. The lowest BCUT2D eigenvalue weighted by Crippen LogP contribution is -2.25. The molecule has 0 aromatic carbocycles. The van der Waals surface area contributed by atoms with E-state index in [0.717, 1.165) is 18.7 Å². The third-order valence-corrected chi connectivity index (χ3v) is 4.29. The number of amides is 2. The Morgan fingerprint density at radius 3 is 3.00 bits per heavy atom. The summed E-state index contributed by atoms with van der Waals surface area (Å²) in [6, 6.07) is 5.58. The minimum absolute atomic E-state index is 0.102. The summed E-state index contributed by atoms with van der Waals surface area (Å²) in [4.78, 5) is 33.8. The summed E-state index contributed by atoms with van der Waals surface area (Å²) in [6.07, 6.45) is 3.37. The topological polar surface area (TPSA) is 75.2 Å². The summed E-state index contributed by atoms with van der Waals surface area (Å²) in [5.41, 5.74) is 1.51. The van der Waals surface area contributed by atoms with Gasteiger partial charge in [-0.2, -0.15) is 0 Å². The molecule has 2 amide bonds. The molecule has 0 unspecified atom stereocenters. The van der Waals surface area contributed by atoms with Crippen molar-refractivity contribution in [2.45, 2.75) is 25.8 Å². The first kappa shape index (κ1) is 14.6. The molecule has 3 heterocycles. The molecule has 3 rings (SSSR count). The van der Waals surface area contributed by atoms with Crippen LogP contribution in [0.4, 0.5) is 5.13 Å². The van der Waals surface area contributed by atoms with Gasteiger partial charge in [0.05, 0.1) is 24.4 Å². The van der Waals surface area contributed by atoms with Gasteiger partial charge in [-0.25, -0.2) is 4.98 Å². The predicted octanol–water partition coefficient (Wildman–Crippen LogP) is 1.52. The lowest BCUT2D eigenvalue weighted by molar-refractivity contribution is -0.120. The minimum Gasteiger partial charge on any atom is -0.350 e. The molecule has 0 saturated carbocycles.